The quantitative estimate of drug-likeness (QED) is 0.564. The van der Waals surface area contributed by atoms with Crippen LogP contribution in [0.4, 0.5) is 0 Å². The second-order valence-corrected chi connectivity index (χ2v) is 7.36. The van der Waals surface area contributed by atoms with E-state index in [4.69, 9.17) is 9.05 Å². The van der Waals surface area contributed by atoms with Gasteiger partial charge in [0.25, 0.3) is 0 Å². The summed E-state index contributed by atoms with van der Waals surface area (Å²) in [6.45, 7) is 5.30. The van der Waals surface area contributed by atoms with Crippen LogP contribution in [0.3, 0.4) is 0 Å². The predicted octanol–water partition coefficient (Wildman–Crippen LogP) is 1.28. The number of fused-ring (bicyclic) bond motifs is 1. The molecule has 0 aromatic carbocycles. The number of nitrogens with zero attached hydrogens (tertiary/aromatic N) is 2. The molecular weight excluding hydrogens is 283 g/mol. The van der Waals surface area contributed by atoms with Crippen molar-refractivity contribution < 1.29 is 23.2 Å². The molecule has 0 aromatic heterocycles. The Labute approximate surface area is 117 Å². The molecule has 2 aliphatic heterocycles. The van der Waals surface area contributed by atoms with Crippen molar-refractivity contribution in [2.24, 2.45) is 16.8 Å². The molecule has 7 nitrogen and oxygen atoms in total. The molecule has 1 fully saturated rings. The molecule has 1 saturated heterocycles. The molecule has 2 aliphatic rings. The monoisotopic (exact) mass is 302 g/mol. The van der Waals surface area contributed by atoms with Gasteiger partial charge in [0.1, 0.15) is 0 Å². The van der Waals surface area contributed by atoms with E-state index >= 15 is 0 Å². The van der Waals surface area contributed by atoms with Crippen LogP contribution in [0.15, 0.2) is 4.99 Å². The third-order valence-corrected chi connectivity index (χ3v) is 6.51. The summed E-state index contributed by atoms with van der Waals surface area (Å²) in [6, 6.07) is 0. The van der Waals surface area contributed by atoms with Gasteiger partial charge in [0.2, 0.25) is 11.8 Å². The van der Waals surface area contributed by atoms with Gasteiger partial charge in [-0.15, -0.1) is 0 Å². The van der Waals surface area contributed by atoms with Crippen molar-refractivity contribution in [3.8, 4) is 0 Å². The number of hydrogen-bond acceptors (Lipinski definition) is 6. The van der Waals surface area contributed by atoms with Gasteiger partial charge < -0.3 is 9.05 Å². The fourth-order valence-electron chi connectivity index (χ4n) is 2.75. The highest BCUT2D eigenvalue weighted by Crippen LogP contribution is 2.67. The summed E-state index contributed by atoms with van der Waals surface area (Å²) >= 11 is 0. The predicted molar refractivity (Wildman–Crippen MR) is 72.5 cm³/mol. The first-order valence-electron chi connectivity index (χ1n) is 6.58. The average Bonchev–Trinajstić information content (AvgIpc) is 2.85. The molecule has 3 atom stereocenters. The molecule has 0 aliphatic carbocycles. The van der Waals surface area contributed by atoms with Gasteiger partial charge in [-0.1, -0.05) is 0 Å². The van der Waals surface area contributed by atoms with Crippen molar-refractivity contribution in [1.82, 2.24) is 4.90 Å². The Morgan fingerprint density at radius 3 is 2.35 bits per heavy atom. The van der Waals surface area contributed by atoms with Gasteiger partial charge in [-0.3, -0.25) is 24.0 Å². The number of aliphatic imine (C=N–C) groups is 1. The lowest BCUT2D eigenvalue weighted by Crippen LogP contribution is -2.38. The fraction of sp³-hybridized carbons (Fsp3) is 0.750. The molecule has 2 rings (SSSR count). The lowest BCUT2D eigenvalue weighted by Gasteiger charge is -2.33. The second kappa shape index (κ2) is 5.06. The van der Waals surface area contributed by atoms with E-state index in [9.17, 15) is 14.2 Å². The van der Waals surface area contributed by atoms with Crippen molar-refractivity contribution in [3.05, 3.63) is 0 Å². The van der Waals surface area contributed by atoms with E-state index in [-0.39, 0.29) is 25.0 Å². The molecule has 0 unspecified atom stereocenters. The zero-order valence-corrected chi connectivity index (χ0v) is 12.9. The summed E-state index contributed by atoms with van der Waals surface area (Å²) in [5.41, 5.74) is 0. The standard InChI is InChI=1S/C12H19N2O5P/c1-5-18-20(17,19-6-2)12(3)9-8(7-13-12)10(15)14(4)11(9)16/h7-9H,5-6H2,1-4H3/t8-,9+,12+/m0/s1. The maximum Gasteiger partial charge on any atom is 0.358 e. The highest BCUT2D eigenvalue weighted by atomic mass is 31.2. The van der Waals surface area contributed by atoms with Gasteiger partial charge in [0.15, 0.2) is 5.28 Å². The molecule has 0 radical (unpaired) electrons. The zero-order valence-electron chi connectivity index (χ0n) is 12.0. The number of carbonyl (C=O) groups excluding carboxylic acids is 2. The van der Waals surface area contributed by atoms with E-state index in [2.05, 4.69) is 4.99 Å². The molecule has 0 N–H and O–H groups in total. The number of hydrogen-bond donors (Lipinski definition) is 0. The van der Waals surface area contributed by atoms with Gasteiger partial charge in [0, 0.05) is 13.3 Å². The van der Waals surface area contributed by atoms with Crippen LogP contribution in [0.2, 0.25) is 0 Å². The van der Waals surface area contributed by atoms with E-state index in [1.807, 2.05) is 0 Å². The van der Waals surface area contributed by atoms with Crippen molar-refractivity contribution in [1.29, 1.82) is 0 Å². The first kappa shape index (κ1) is 15.4. The highest BCUT2D eigenvalue weighted by molar-refractivity contribution is 7.55. The van der Waals surface area contributed by atoms with Crippen molar-refractivity contribution in [2.45, 2.75) is 26.1 Å². The normalized spacial score (nSPS) is 33.1. The minimum absolute atomic E-state index is 0.178. The van der Waals surface area contributed by atoms with Crippen LogP contribution in [-0.2, 0) is 23.2 Å². The number of carbonyl (C=O) groups is 2. The van der Waals surface area contributed by atoms with Crippen LogP contribution in [0.1, 0.15) is 20.8 Å². The number of imide groups is 1. The van der Waals surface area contributed by atoms with Crippen LogP contribution in [0.25, 0.3) is 0 Å². The maximum absolute atomic E-state index is 13.0. The third-order valence-electron chi connectivity index (χ3n) is 3.81. The smallest absolute Gasteiger partial charge is 0.307 e. The number of amides is 2. The molecule has 2 amide bonds. The molecule has 112 valence electrons. The van der Waals surface area contributed by atoms with Gasteiger partial charge in [0.05, 0.1) is 25.0 Å². The molecular formula is C12H19N2O5P. The van der Waals surface area contributed by atoms with Crippen LogP contribution in [0, 0.1) is 11.8 Å². The summed E-state index contributed by atoms with van der Waals surface area (Å²) < 4.78 is 23.6. The van der Waals surface area contributed by atoms with E-state index in [1.165, 1.54) is 13.3 Å². The van der Waals surface area contributed by atoms with E-state index in [1.54, 1.807) is 20.8 Å². The lowest BCUT2D eigenvalue weighted by atomic mass is 9.93. The molecule has 0 aromatic rings. The molecule has 0 saturated carbocycles. The molecule has 8 heteroatoms. The number of likely N-dealkylation sites (tertiary alicyclic amines) is 1. The molecule has 20 heavy (non-hydrogen) atoms. The van der Waals surface area contributed by atoms with Crippen LogP contribution >= 0.6 is 7.60 Å². The summed E-state index contributed by atoms with van der Waals surface area (Å²) in [7, 11) is -2.22. The summed E-state index contributed by atoms with van der Waals surface area (Å²) in [4.78, 5) is 29.5. The Balaban J connectivity index is 2.45. The second-order valence-electron chi connectivity index (χ2n) is 4.94. The first-order valence-corrected chi connectivity index (χ1v) is 8.12. The van der Waals surface area contributed by atoms with Gasteiger partial charge >= 0.3 is 7.60 Å². The minimum Gasteiger partial charge on any atom is -0.307 e. The summed E-state index contributed by atoms with van der Waals surface area (Å²) in [5.74, 6) is -2.21. The van der Waals surface area contributed by atoms with Gasteiger partial charge in [-0.05, 0) is 20.8 Å². The molecule has 0 bridgehead atoms. The highest BCUT2D eigenvalue weighted by Gasteiger charge is 2.65. The van der Waals surface area contributed by atoms with Crippen LogP contribution in [-0.4, -0.2) is 48.5 Å². The van der Waals surface area contributed by atoms with Gasteiger partial charge in [-0.2, -0.15) is 0 Å². The fourth-order valence-corrected chi connectivity index (χ4v) is 4.85. The first-order chi connectivity index (χ1) is 9.32. The Hall–Kier alpha value is -1.04. The molecule has 0 spiro atoms. The Bertz CT molecular complexity index is 510. The number of rotatable bonds is 5. The Morgan fingerprint density at radius 2 is 1.85 bits per heavy atom. The van der Waals surface area contributed by atoms with Crippen molar-refractivity contribution in [3.63, 3.8) is 0 Å². The van der Waals surface area contributed by atoms with Crippen LogP contribution < -0.4 is 0 Å². The zero-order chi connectivity index (χ0) is 15.1. The van der Waals surface area contributed by atoms with Gasteiger partial charge in [-0.25, -0.2) is 0 Å². The Kier molecular flexibility index (Phi) is 3.88. The summed E-state index contributed by atoms with van der Waals surface area (Å²) in [5, 5.41) is -1.35. The van der Waals surface area contributed by atoms with E-state index < -0.39 is 24.7 Å². The van der Waals surface area contributed by atoms with Crippen molar-refractivity contribution in [2.75, 3.05) is 20.3 Å². The topological polar surface area (TPSA) is 85.3 Å². The molecule has 2 heterocycles. The Morgan fingerprint density at radius 1 is 1.30 bits per heavy atom. The minimum atomic E-state index is -3.64. The maximum atomic E-state index is 13.0. The lowest BCUT2D eigenvalue weighted by molar-refractivity contribution is -0.138. The van der Waals surface area contributed by atoms with Crippen LogP contribution in [0.5, 0.6) is 0 Å². The van der Waals surface area contributed by atoms with E-state index in [0.717, 1.165) is 4.90 Å². The summed E-state index contributed by atoms with van der Waals surface area (Å²) in [6.07, 6.45) is 1.40. The van der Waals surface area contributed by atoms with E-state index in [0.29, 0.717) is 0 Å². The van der Waals surface area contributed by atoms with Crippen molar-refractivity contribution >= 4 is 25.6 Å². The largest absolute Gasteiger partial charge is 0.358 e. The average molecular weight is 302 g/mol. The third kappa shape index (κ3) is 1.88. The SMILES string of the molecule is CCOP(=O)(OCC)[C@@]1(C)N=C[C@@H]2C(=O)N(C)C(=O)[C@@H]21.